The van der Waals surface area contributed by atoms with Gasteiger partial charge in [0.1, 0.15) is 10.6 Å². The lowest BCUT2D eigenvalue weighted by Crippen LogP contribution is -2.32. The maximum Gasteiger partial charge on any atom is 0.244 e. The van der Waals surface area contributed by atoms with Gasteiger partial charge in [-0.15, -0.1) is 0 Å². The van der Waals surface area contributed by atoms with Crippen LogP contribution in [0.1, 0.15) is 19.4 Å². The second-order valence-corrected chi connectivity index (χ2v) is 6.00. The first-order valence-corrected chi connectivity index (χ1v) is 7.82. The molecular weight excluding hydrogens is 282 g/mol. The molecule has 2 N–H and O–H groups in total. The molecule has 0 aliphatic carbocycles. The number of nitrogens with one attached hydrogen (secondary N) is 1. The molecule has 7 heteroatoms. The summed E-state index contributed by atoms with van der Waals surface area (Å²) in [5.41, 5.74) is 0.504. The molecule has 0 heterocycles. The van der Waals surface area contributed by atoms with Crippen LogP contribution >= 0.6 is 0 Å². The minimum absolute atomic E-state index is 0.00949. The average Bonchev–Trinajstić information content (AvgIpc) is 2.45. The number of aliphatic hydroxyl groups excluding tert-OH is 1. The van der Waals surface area contributed by atoms with Crippen LogP contribution in [0.5, 0.6) is 5.75 Å². The molecule has 0 saturated carbocycles. The SMILES string of the molecule is CCOC(C)CNS(=O)(=O)c1cc(CO)ccc1OC. The van der Waals surface area contributed by atoms with Gasteiger partial charge in [-0.05, 0) is 31.5 Å². The van der Waals surface area contributed by atoms with Gasteiger partial charge in [0.05, 0.1) is 19.8 Å². The smallest absolute Gasteiger partial charge is 0.244 e. The van der Waals surface area contributed by atoms with Crippen molar-refractivity contribution in [3.05, 3.63) is 23.8 Å². The van der Waals surface area contributed by atoms with E-state index in [2.05, 4.69) is 4.72 Å². The zero-order valence-electron chi connectivity index (χ0n) is 11.9. The van der Waals surface area contributed by atoms with Crippen molar-refractivity contribution in [1.82, 2.24) is 4.72 Å². The third-order valence-electron chi connectivity index (χ3n) is 2.71. The maximum atomic E-state index is 12.3. The number of hydrogen-bond donors (Lipinski definition) is 2. The van der Waals surface area contributed by atoms with Gasteiger partial charge in [0.2, 0.25) is 10.0 Å². The Morgan fingerprint density at radius 2 is 2.10 bits per heavy atom. The standard InChI is InChI=1S/C13H21NO5S/c1-4-19-10(2)8-14-20(16,17)13-7-11(9-15)5-6-12(13)18-3/h5-7,10,14-15H,4,8-9H2,1-3H3. The molecule has 1 unspecified atom stereocenters. The second kappa shape index (κ2) is 7.58. The van der Waals surface area contributed by atoms with E-state index in [0.29, 0.717) is 12.2 Å². The normalized spacial score (nSPS) is 13.2. The van der Waals surface area contributed by atoms with Crippen LogP contribution in [0, 0.1) is 0 Å². The quantitative estimate of drug-likeness (QED) is 0.745. The Morgan fingerprint density at radius 3 is 2.65 bits per heavy atom. The number of methoxy groups -OCH3 is 1. The summed E-state index contributed by atoms with van der Waals surface area (Å²) in [6, 6.07) is 4.53. The number of rotatable bonds is 8. The Balaban J connectivity index is 2.96. The predicted molar refractivity (Wildman–Crippen MR) is 75.2 cm³/mol. The van der Waals surface area contributed by atoms with Gasteiger partial charge >= 0.3 is 0 Å². The summed E-state index contributed by atoms with van der Waals surface area (Å²) in [6.45, 7) is 4.09. The van der Waals surface area contributed by atoms with E-state index in [1.54, 1.807) is 13.0 Å². The highest BCUT2D eigenvalue weighted by Crippen LogP contribution is 2.24. The highest BCUT2D eigenvalue weighted by molar-refractivity contribution is 7.89. The Labute approximate surface area is 119 Å². The van der Waals surface area contributed by atoms with Crippen LogP contribution in [0.2, 0.25) is 0 Å². The van der Waals surface area contributed by atoms with Crippen LogP contribution in [0.4, 0.5) is 0 Å². The fourth-order valence-corrected chi connectivity index (χ4v) is 3.01. The van der Waals surface area contributed by atoms with Gasteiger partial charge in [-0.25, -0.2) is 13.1 Å². The fourth-order valence-electron chi connectivity index (χ4n) is 1.68. The topological polar surface area (TPSA) is 84.9 Å². The molecule has 114 valence electrons. The van der Waals surface area contributed by atoms with Crippen LogP contribution in [0.15, 0.2) is 23.1 Å². The molecular formula is C13H21NO5S. The Morgan fingerprint density at radius 1 is 1.40 bits per heavy atom. The van der Waals surface area contributed by atoms with Gasteiger partial charge in [0.15, 0.2) is 0 Å². The van der Waals surface area contributed by atoms with E-state index in [9.17, 15) is 8.42 Å². The lowest BCUT2D eigenvalue weighted by Gasteiger charge is -2.15. The van der Waals surface area contributed by atoms with Crippen LogP contribution in [0.3, 0.4) is 0 Å². The molecule has 0 aliphatic heterocycles. The number of ether oxygens (including phenoxy) is 2. The van der Waals surface area contributed by atoms with Crippen LogP contribution in [-0.2, 0) is 21.4 Å². The van der Waals surface area contributed by atoms with Gasteiger partial charge in [-0.3, -0.25) is 0 Å². The number of benzene rings is 1. The van der Waals surface area contributed by atoms with Crippen LogP contribution in [-0.4, -0.2) is 39.9 Å². The van der Waals surface area contributed by atoms with E-state index in [1.807, 2.05) is 6.92 Å². The first-order chi connectivity index (χ1) is 9.44. The summed E-state index contributed by atoms with van der Waals surface area (Å²) >= 11 is 0. The molecule has 1 atom stereocenters. The van der Waals surface area contributed by atoms with E-state index >= 15 is 0 Å². The summed E-state index contributed by atoms with van der Waals surface area (Å²) in [5.74, 6) is 0.235. The van der Waals surface area contributed by atoms with Crippen molar-refractivity contribution >= 4 is 10.0 Å². The number of hydrogen-bond acceptors (Lipinski definition) is 5. The molecule has 0 amide bonds. The Kier molecular flexibility index (Phi) is 6.41. The molecule has 0 radical (unpaired) electrons. The lowest BCUT2D eigenvalue weighted by atomic mass is 10.2. The van der Waals surface area contributed by atoms with Gasteiger partial charge in [-0.2, -0.15) is 0 Å². The van der Waals surface area contributed by atoms with E-state index in [-0.39, 0.29) is 29.9 Å². The third-order valence-corrected chi connectivity index (χ3v) is 4.16. The van der Waals surface area contributed by atoms with Gasteiger partial charge in [0, 0.05) is 13.2 Å². The average molecular weight is 303 g/mol. The Bertz CT molecular complexity index is 530. The summed E-state index contributed by atoms with van der Waals surface area (Å²) in [4.78, 5) is 0.00949. The Hall–Kier alpha value is -1.15. The minimum Gasteiger partial charge on any atom is -0.495 e. The summed E-state index contributed by atoms with van der Waals surface area (Å²) in [7, 11) is -2.32. The summed E-state index contributed by atoms with van der Waals surface area (Å²) in [5, 5.41) is 9.10. The number of aliphatic hydroxyl groups is 1. The zero-order valence-corrected chi connectivity index (χ0v) is 12.7. The van der Waals surface area contributed by atoms with Crippen molar-refractivity contribution < 1.29 is 23.0 Å². The minimum atomic E-state index is -3.72. The van der Waals surface area contributed by atoms with Crippen LogP contribution < -0.4 is 9.46 Å². The van der Waals surface area contributed by atoms with Crippen molar-refractivity contribution in [2.75, 3.05) is 20.3 Å². The largest absolute Gasteiger partial charge is 0.495 e. The van der Waals surface area contributed by atoms with E-state index < -0.39 is 10.0 Å². The molecule has 0 aliphatic rings. The lowest BCUT2D eigenvalue weighted by molar-refractivity contribution is 0.0799. The molecule has 1 aromatic carbocycles. The summed E-state index contributed by atoms with van der Waals surface area (Å²) in [6.07, 6.45) is -0.221. The molecule has 6 nitrogen and oxygen atoms in total. The first kappa shape index (κ1) is 16.9. The maximum absolute atomic E-state index is 12.3. The van der Waals surface area contributed by atoms with Crippen LogP contribution in [0.25, 0.3) is 0 Å². The molecule has 0 fully saturated rings. The van der Waals surface area contributed by atoms with Crippen molar-refractivity contribution in [3.63, 3.8) is 0 Å². The number of sulfonamides is 1. The monoisotopic (exact) mass is 303 g/mol. The second-order valence-electron chi connectivity index (χ2n) is 4.26. The molecule has 20 heavy (non-hydrogen) atoms. The molecule has 0 bridgehead atoms. The summed E-state index contributed by atoms with van der Waals surface area (Å²) < 4.78 is 37.3. The molecule has 1 aromatic rings. The van der Waals surface area contributed by atoms with E-state index in [1.165, 1.54) is 19.2 Å². The van der Waals surface area contributed by atoms with E-state index in [4.69, 9.17) is 14.6 Å². The fraction of sp³-hybridized carbons (Fsp3) is 0.538. The van der Waals surface area contributed by atoms with Crippen molar-refractivity contribution in [2.24, 2.45) is 0 Å². The first-order valence-electron chi connectivity index (χ1n) is 6.33. The van der Waals surface area contributed by atoms with Crippen molar-refractivity contribution in [3.8, 4) is 5.75 Å². The predicted octanol–water partition coefficient (Wildman–Crippen LogP) is 0.891. The molecule has 0 aromatic heterocycles. The zero-order chi connectivity index (χ0) is 15.2. The van der Waals surface area contributed by atoms with Crippen molar-refractivity contribution in [2.45, 2.75) is 31.5 Å². The third kappa shape index (κ3) is 4.45. The highest BCUT2D eigenvalue weighted by Gasteiger charge is 2.20. The highest BCUT2D eigenvalue weighted by atomic mass is 32.2. The van der Waals surface area contributed by atoms with Gasteiger partial charge < -0.3 is 14.6 Å². The van der Waals surface area contributed by atoms with E-state index in [0.717, 1.165) is 0 Å². The molecule has 0 spiro atoms. The molecule has 1 rings (SSSR count). The van der Waals surface area contributed by atoms with Crippen molar-refractivity contribution in [1.29, 1.82) is 0 Å². The molecule has 0 saturated heterocycles. The van der Waals surface area contributed by atoms with Gasteiger partial charge in [-0.1, -0.05) is 6.07 Å². The van der Waals surface area contributed by atoms with Gasteiger partial charge in [0.25, 0.3) is 0 Å².